The molecule has 0 heterocycles. The Morgan fingerprint density at radius 1 is 1.32 bits per heavy atom. The van der Waals surface area contributed by atoms with Gasteiger partial charge in [-0.25, -0.2) is 0 Å². The monoisotopic (exact) mass is 294 g/mol. The molecule has 1 saturated carbocycles. The SMILES string of the molecule is C#CC1=CCC2C3CCC4=C(CC=C(OC)C4)C3CC[C@]12C. The van der Waals surface area contributed by atoms with Crippen molar-refractivity contribution in [1.82, 2.24) is 0 Å². The van der Waals surface area contributed by atoms with Crippen LogP contribution in [0.15, 0.2) is 34.6 Å². The fourth-order valence-electron chi connectivity index (χ4n) is 5.84. The summed E-state index contributed by atoms with van der Waals surface area (Å²) in [5.74, 6) is 6.60. The molecule has 0 bridgehead atoms. The molecule has 22 heavy (non-hydrogen) atoms. The summed E-state index contributed by atoms with van der Waals surface area (Å²) in [7, 11) is 1.81. The maximum absolute atomic E-state index is 5.78. The van der Waals surface area contributed by atoms with Crippen LogP contribution in [0, 0.1) is 35.5 Å². The standard InChI is InChI=1S/C21H26O/c1-4-15-6-10-20-19-8-5-14-13-16(22-3)7-9-17(14)18(19)11-12-21(15,20)2/h1,6-7,18-20H,5,8-13H2,2-3H3/t18?,19?,20?,21-/m1/s1. The van der Waals surface area contributed by atoms with E-state index in [1.165, 1.54) is 43.4 Å². The van der Waals surface area contributed by atoms with E-state index in [-0.39, 0.29) is 5.41 Å². The third kappa shape index (κ3) is 1.86. The first-order chi connectivity index (χ1) is 10.7. The van der Waals surface area contributed by atoms with Gasteiger partial charge in [0.25, 0.3) is 0 Å². The lowest BCUT2D eigenvalue weighted by Crippen LogP contribution is -2.42. The number of hydrogen-bond donors (Lipinski definition) is 0. The van der Waals surface area contributed by atoms with E-state index in [1.54, 1.807) is 18.3 Å². The van der Waals surface area contributed by atoms with Gasteiger partial charge in [-0.05, 0) is 62.4 Å². The summed E-state index contributed by atoms with van der Waals surface area (Å²) in [6.45, 7) is 2.43. The van der Waals surface area contributed by atoms with Crippen molar-refractivity contribution in [3.8, 4) is 12.3 Å². The van der Waals surface area contributed by atoms with E-state index in [2.05, 4.69) is 25.0 Å². The number of rotatable bonds is 1. The molecule has 4 rings (SSSR count). The van der Waals surface area contributed by atoms with Crippen LogP contribution < -0.4 is 0 Å². The smallest absolute Gasteiger partial charge is 0.0959 e. The molecule has 0 saturated heterocycles. The zero-order chi connectivity index (χ0) is 15.3. The summed E-state index contributed by atoms with van der Waals surface area (Å²) in [5, 5.41) is 0. The first kappa shape index (κ1) is 14.2. The Morgan fingerprint density at radius 3 is 2.95 bits per heavy atom. The molecule has 0 aliphatic heterocycles. The van der Waals surface area contributed by atoms with Crippen LogP contribution in [0.1, 0.15) is 51.9 Å². The van der Waals surface area contributed by atoms with Crippen LogP contribution in [0.3, 0.4) is 0 Å². The Balaban J connectivity index is 1.61. The van der Waals surface area contributed by atoms with Crippen LogP contribution in [0.4, 0.5) is 0 Å². The van der Waals surface area contributed by atoms with Crippen molar-refractivity contribution in [3.63, 3.8) is 0 Å². The van der Waals surface area contributed by atoms with Crippen LogP contribution >= 0.6 is 0 Å². The van der Waals surface area contributed by atoms with E-state index in [1.807, 2.05) is 0 Å². The van der Waals surface area contributed by atoms with Crippen molar-refractivity contribution in [3.05, 3.63) is 34.6 Å². The van der Waals surface area contributed by atoms with Crippen molar-refractivity contribution in [2.45, 2.75) is 51.9 Å². The zero-order valence-electron chi connectivity index (χ0n) is 13.8. The van der Waals surface area contributed by atoms with Crippen molar-refractivity contribution in [1.29, 1.82) is 0 Å². The summed E-state index contributed by atoms with van der Waals surface area (Å²) >= 11 is 0. The van der Waals surface area contributed by atoms with E-state index in [0.717, 1.165) is 30.6 Å². The molecule has 3 unspecified atom stereocenters. The third-order valence-corrected chi connectivity index (χ3v) is 7.05. The summed E-state index contributed by atoms with van der Waals surface area (Å²) in [6, 6.07) is 0. The number of ether oxygens (including phenoxy) is 1. The van der Waals surface area contributed by atoms with Crippen LogP contribution in [-0.2, 0) is 4.74 Å². The van der Waals surface area contributed by atoms with Crippen LogP contribution in [0.2, 0.25) is 0 Å². The van der Waals surface area contributed by atoms with Gasteiger partial charge in [0, 0.05) is 17.4 Å². The molecule has 116 valence electrons. The molecule has 0 amide bonds. The first-order valence-corrected chi connectivity index (χ1v) is 8.78. The molecule has 4 aliphatic rings. The average Bonchev–Trinajstić information content (AvgIpc) is 2.90. The molecule has 4 aliphatic carbocycles. The molecule has 1 nitrogen and oxygen atoms in total. The fourth-order valence-corrected chi connectivity index (χ4v) is 5.84. The molecule has 0 spiro atoms. The molecule has 4 atom stereocenters. The van der Waals surface area contributed by atoms with Gasteiger partial charge < -0.3 is 4.74 Å². The van der Waals surface area contributed by atoms with Gasteiger partial charge in [-0.3, -0.25) is 0 Å². The van der Waals surface area contributed by atoms with E-state index in [0.29, 0.717) is 0 Å². The summed E-state index contributed by atoms with van der Waals surface area (Å²) in [5.41, 5.74) is 5.03. The Labute approximate surface area is 134 Å². The molecule has 1 heteroatoms. The molecule has 0 aromatic rings. The predicted molar refractivity (Wildman–Crippen MR) is 89.9 cm³/mol. The molecular formula is C21H26O. The molecule has 0 aromatic carbocycles. The zero-order valence-corrected chi connectivity index (χ0v) is 13.8. The van der Waals surface area contributed by atoms with Crippen molar-refractivity contribution in [2.24, 2.45) is 23.2 Å². The van der Waals surface area contributed by atoms with Gasteiger partial charge in [-0.2, -0.15) is 0 Å². The Bertz CT molecular complexity index is 627. The van der Waals surface area contributed by atoms with E-state index in [9.17, 15) is 0 Å². The van der Waals surface area contributed by atoms with Gasteiger partial charge in [0.1, 0.15) is 0 Å². The Hall–Kier alpha value is -1.42. The van der Waals surface area contributed by atoms with Gasteiger partial charge in [0.15, 0.2) is 0 Å². The largest absolute Gasteiger partial charge is 0.501 e. The second kappa shape index (κ2) is 5.05. The van der Waals surface area contributed by atoms with Gasteiger partial charge >= 0.3 is 0 Å². The third-order valence-electron chi connectivity index (χ3n) is 7.05. The predicted octanol–water partition coefficient (Wildman–Crippen LogP) is 5.01. The second-order valence-electron chi connectivity index (χ2n) is 7.75. The number of allylic oxidation sites excluding steroid dienone is 5. The number of hydrogen-bond acceptors (Lipinski definition) is 1. The maximum Gasteiger partial charge on any atom is 0.0959 e. The quantitative estimate of drug-likeness (QED) is 0.488. The molecular weight excluding hydrogens is 268 g/mol. The van der Waals surface area contributed by atoms with Crippen LogP contribution in [0.5, 0.6) is 0 Å². The summed E-state index contributed by atoms with van der Waals surface area (Å²) < 4.78 is 5.49. The average molecular weight is 294 g/mol. The number of terminal acetylenes is 1. The maximum atomic E-state index is 5.78. The fraction of sp³-hybridized carbons (Fsp3) is 0.619. The highest BCUT2D eigenvalue weighted by atomic mass is 16.5. The number of methoxy groups -OCH3 is 1. The minimum atomic E-state index is 0.288. The van der Waals surface area contributed by atoms with Gasteiger partial charge in [-0.15, -0.1) is 6.42 Å². The first-order valence-electron chi connectivity index (χ1n) is 8.78. The van der Waals surface area contributed by atoms with Crippen molar-refractivity contribution < 1.29 is 4.74 Å². The minimum Gasteiger partial charge on any atom is -0.501 e. The lowest BCUT2D eigenvalue weighted by Gasteiger charge is -2.51. The highest BCUT2D eigenvalue weighted by molar-refractivity contribution is 5.40. The van der Waals surface area contributed by atoms with Crippen molar-refractivity contribution >= 4 is 0 Å². The van der Waals surface area contributed by atoms with E-state index < -0.39 is 0 Å². The summed E-state index contributed by atoms with van der Waals surface area (Å²) in [4.78, 5) is 0. The Kier molecular flexibility index (Phi) is 3.26. The summed E-state index contributed by atoms with van der Waals surface area (Å²) in [6.07, 6.45) is 19.1. The lowest BCUT2D eigenvalue weighted by molar-refractivity contribution is 0.0587. The highest BCUT2D eigenvalue weighted by Gasteiger charge is 2.51. The lowest BCUT2D eigenvalue weighted by atomic mass is 9.53. The second-order valence-corrected chi connectivity index (χ2v) is 7.75. The molecule has 1 fully saturated rings. The molecule has 0 aromatic heterocycles. The Morgan fingerprint density at radius 2 is 2.18 bits per heavy atom. The molecule has 0 radical (unpaired) electrons. The normalized spacial score (nSPS) is 40.0. The van der Waals surface area contributed by atoms with Gasteiger partial charge in [-0.1, -0.05) is 30.1 Å². The van der Waals surface area contributed by atoms with Gasteiger partial charge in [0.05, 0.1) is 12.9 Å². The highest BCUT2D eigenvalue weighted by Crippen LogP contribution is 2.61. The minimum absolute atomic E-state index is 0.288. The van der Waals surface area contributed by atoms with Crippen molar-refractivity contribution in [2.75, 3.05) is 7.11 Å². The topological polar surface area (TPSA) is 9.23 Å². The van der Waals surface area contributed by atoms with Crippen LogP contribution in [0.25, 0.3) is 0 Å². The van der Waals surface area contributed by atoms with E-state index >= 15 is 0 Å². The van der Waals surface area contributed by atoms with Crippen LogP contribution in [-0.4, -0.2) is 7.11 Å². The number of fused-ring (bicyclic) bond motifs is 4. The molecule has 0 N–H and O–H groups in total. The van der Waals surface area contributed by atoms with E-state index in [4.69, 9.17) is 11.2 Å². The van der Waals surface area contributed by atoms with Gasteiger partial charge in [0.2, 0.25) is 0 Å².